The van der Waals surface area contributed by atoms with Crippen LogP contribution in [0.4, 0.5) is 0 Å². The average Bonchev–Trinajstić information content (AvgIpc) is 0.812. The van der Waals surface area contributed by atoms with E-state index in [1.165, 1.54) is 142 Å². The van der Waals surface area contributed by atoms with Gasteiger partial charge in [0.1, 0.15) is 39.6 Å². The number of methoxy groups -OCH3 is 2. The van der Waals surface area contributed by atoms with Crippen LogP contribution in [0.3, 0.4) is 0 Å². The molecule has 0 atom stereocenters. The van der Waals surface area contributed by atoms with Gasteiger partial charge in [0.2, 0.25) is 0 Å². The number of benzene rings is 12. The summed E-state index contributed by atoms with van der Waals surface area (Å²) in [6, 6.07) is 65.8. The lowest BCUT2D eigenvalue weighted by molar-refractivity contribution is 0.0457. The SMILES string of the molecule is CC(C)(C)c1ccc(COC(=O)c2ccc(Sc3ccc(C(=O)O)c(C(=O)OCc4ccc(C(C)(C)C)cc4)c3)cc2C(=O)O)cc1.COC(=O)c1ccc(COC(=O)c2ccc(Sc3ccc(C(=O)O)c(C(=O)OCc4ccc(C(=O)OC)cc4)c3)cc2C(=O)O)cc1.O=C(O)c1cc(Sc2ccc(C(=O)O)c(C(=O)OCc3ccc(CO)cc3)c2)ccc1C(=O)OCc1ccc(CO)cc1. The Bertz CT molecular complexity index is 6540. The molecule has 0 aromatic heterocycles. The minimum absolute atomic E-state index is 0.0180. The maximum absolute atomic E-state index is 13.0. The van der Waals surface area contributed by atoms with Gasteiger partial charge in [-0.3, -0.25) is 0 Å². The van der Waals surface area contributed by atoms with E-state index in [9.17, 15) is 97.8 Å². The van der Waals surface area contributed by atoms with E-state index in [4.69, 9.17) is 38.6 Å². The van der Waals surface area contributed by atoms with E-state index in [-0.39, 0.29) is 130 Å². The zero-order valence-electron chi connectivity index (χ0n) is 74.7. The van der Waals surface area contributed by atoms with Gasteiger partial charge in [-0.25, -0.2) is 67.1 Å². The summed E-state index contributed by atoms with van der Waals surface area (Å²) in [5, 5.41) is 76.7. The molecule has 0 bridgehead atoms. The first kappa shape index (κ1) is 103. The highest BCUT2D eigenvalue weighted by molar-refractivity contribution is 8.00. The molecule has 0 saturated carbocycles. The number of aliphatic hydroxyl groups is 2. The van der Waals surface area contributed by atoms with E-state index < -0.39 is 83.6 Å². The van der Waals surface area contributed by atoms with Gasteiger partial charge in [0.05, 0.1) is 105 Å². The van der Waals surface area contributed by atoms with Crippen molar-refractivity contribution in [3.8, 4) is 0 Å². The van der Waals surface area contributed by atoms with Crippen LogP contribution in [0.15, 0.2) is 284 Å². The molecule has 0 radical (unpaired) electrons. The molecule has 0 saturated heterocycles. The summed E-state index contributed by atoms with van der Waals surface area (Å²) in [5.41, 5.74) is 5.50. The van der Waals surface area contributed by atoms with Crippen molar-refractivity contribution in [2.75, 3.05) is 14.2 Å². The van der Waals surface area contributed by atoms with Crippen molar-refractivity contribution in [3.63, 3.8) is 0 Å². The Hall–Kier alpha value is -15.8. The van der Waals surface area contributed by atoms with Crippen molar-refractivity contribution in [2.24, 2.45) is 0 Å². The number of ether oxygens (including phenoxy) is 8. The molecule has 137 heavy (non-hydrogen) atoms. The summed E-state index contributed by atoms with van der Waals surface area (Å²) >= 11 is 3.20. The van der Waals surface area contributed by atoms with Crippen molar-refractivity contribution in [3.05, 3.63) is 388 Å². The van der Waals surface area contributed by atoms with E-state index >= 15 is 0 Å². The third-order valence-electron chi connectivity index (χ3n) is 20.4. The number of carboxylic acid groups (broad SMARTS) is 6. The maximum atomic E-state index is 13.0. The van der Waals surface area contributed by atoms with Crippen LogP contribution in [0, 0.1) is 0 Å². The highest BCUT2D eigenvalue weighted by atomic mass is 32.2. The molecular formula is C104H90O30S3. The van der Waals surface area contributed by atoms with Crippen molar-refractivity contribution in [2.45, 2.75) is 135 Å². The molecule has 30 nitrogen and oxygen atoms in total. The molecule has 0 aliphatic heterocycles. The van der Waals surface area contributed by atoms with Gasteiger partial charge in [-0.05, 0) is 200 Å². The Labute approximate surface area is 797 Å². The fraction of sp³-hybridized carbons (Fsp3) is 0.173. The smallest absolute Gasteiger partial charge is 0.339 e. The Morgan fingerprint density at radius 3 is 0.584 bits per heavy atom. The van der Waals surface area contributed by atoms with Crippen LogP contribution in [0.2, 0.25) is 0 Å². The molecule has 12 rings (SSSR count). The fourth-order valence-corrected chi connectivity index (χ4v) is 15.5. The Kier molecular flexibility index (Phi) is 36.0. The van der Waals surface area contributed by atoms with Crippen LogP contribution in [-0.2, 0) is 102 Å². The summed E-state index contributed by atoms with van der Waals surface area (Å²) in [5.74, 6) is -14.1. The highest BCUT2D eigenvalue weighted by Gasteiger charge is 2.28. The fourth-order valence-electron chi connectivity index (χ4n) is 12.8. The van der Waals surface area contributed by atoms with E-state index in [2.05, 4.69) is 51.0 Å². The quantitative estimate of drug-likeness (QED) is 0.0137. The number of hydrogen-bond acceptors (Lipinski definition) is 27. The summed E-state index contributed by atoms with van der Waals surface area (Å²) in [7, 11) is 2.51. The number of esters is 8. The summed E-state index contributed by atoms with van der Waals surface area (Å²) in [6.07, 6.45) is 0. The number of carbonyl (C=O) groups is 14. The monoisotopic (exact) mass is 1910 g/mol. The molecular weight excluding hydrogens is 1830 g/mol. The molecule has 12 aromatic rings. The Morgan fingerprint density at radius 2 is 0.394 bits per heavy atom. The van der Waals surface area contributed by atoms with Crippen LogP contribution in [0.25, 0.3) is 0 Å². The number of hydrogen-bond donors (Lipinski definition) is 8. The normalized spacial score (nSPS) is 10.9. The van der Waals surface area contributed by atoms with Gasteiger partial charge < -0.3 is 78.7 Å². The van der Waals surface area contributed by atoms with Crippen molar-refractivity contribution in [1.29, 1.82) is 0 Å². The second kappa shape index (κ2) is 47.7. The molecule has 0 amide bonds. The number of aromatic carboxylic acids is 6. The first-order valence-corrected chi connectivity index (χ1v) is 43.9. The van der Waals surface area contributed by atoms with Gasteiger partial charge in [0, 0.05) is 29.4 Å². The van der Waals surface area contributed by atoms with Crippen LogP contribution in [0.1, 0.15) is 242 Å². The largest absolute Gasteiger partial charge is 0.478 e. The van der Waals surface area contributed by atoms with E-state index in [0.717, 1.165) is 57.5 Å². The standard InChI is InChI=1S/C38H38O8S.C34H26O12S.C32H26O10S/c1-37(2,3)25-11-7-23(8-12-25)21-45-35(43)30-18-16-27(19-31(30)34(41)42)47-28-15-17-29(33(39)40)32(20-28)36(44)46-22-24-9-13-26(14-10-24)38(4,5)6;1-43-31(39)21-7-3-19(4-8-21)17-45-33(41)26-14-12-23(15-27(26)30(37)38)47-24-11-13-25(29(35)36)28(16-24)34(42)46-18-20-5-9-22(10-6-20)32(40)44-2;33-15-19-1-5-21(6-2-19)17-41-31(39)26-12-10-23(13-27(26)30(37)38)43-24-9-11-25(29(35)36)28(14-24)32(40)42-18-22-7-3-20(16-34)4-8-22/h7-20H,21-22H2,1-6H3,(H,39,40)(H,41,42);3-16H,17-18H2,1-2H3,(H,35,36)(H,37,38);1-14,33-34H,15-18H2,(H,35,36)(H,37,38). The number of aliphatic hydroxyl groups excluding tert-OH is 2. The molecule has 0 unspecified atom stereocenters. The van der Waals surface area contributed by atoms with Crippen LogP contribution >= 0.6 is 35.3 Å². The van der Waals surface area contributed by atoms with E-state index in [0.29, 0.717) is 73.9 Å². The predicted octanol–water partition coefficient (Wildman–Crippen LogP) is 19.0. The minimum atomic E-state index is -1.38. The predicted molar refractivity (Wildman–Crippen MR) is 498 cm³/mol. The van der Waals surface area contributed by atoms with Crippen LogP contribution in [-0.4, -0.2) is 139 Å². The summed E-state index contributed by atoms with van der Waals surface area (Å²) in [6.45, 7) is 11.7. The van der Waals surface area contributed by atoms with Gasteiger partial charge in [-0.1, -0.05) is 198 Å². The minimum Gasteiger partial charge on any atom is -0.478 e. The molecule has 0 spiro atoms. The van der Waals surface area contributed by atoms with Crippen LogP contribution in [0.5, 0.6) is 0 Å². The number of rotatable bonds is 34. The van der Waals surface area contributed by atoms with Gasteiger partial charge in [0.25, 0.3) is 0 Å². The van der Waals surface area contributed by atoms with Crippen molar-refractivity contribution in [1.82, 2.24) is 0 Å². The zero-order chi connectivity index (χ0) is 99.5. The first-order chi connectivity index (χ1) is 65.2. The second-order valence-corrected chi connectivity index (χ2v) is 35.5. The lowest BCUT2D eigenvalue weighted by atomic mass is 9.87. The average molecular weight is 1920 g/mol. The van der Waals surface area contributed by atoms with Crippen molar-refractivity contribution >= 4 is 119 Å². The van der Waals surface area contributed by atoms with Gasteiger partial charge in [0.15, 0.2) is 0 Å². The van der Waals surface area contributed by atoms with E-state index in [1.54, 1.807) is 78.9 Å². The third-order valence-corrected chi connectivity index (χ3v) is 23.3. The molecule has 33 heteroatoms. The Balaban J connectivity index is 0.000000212. The molecule has 0 fully saturated rings. The maximum Gasteiger partial charge on any atom is 0.339 e. The first-order valence-electron chi connectivity index (χ1n) is 41.4. The highest BCUT2D eigenvalue weighted by Crippen LogP contribution is 2.37. The van der Waals surface area contributed by atoms with Gasteiger partial charge in [-0.15, -0.1) is 0 Å². The van der Waals surface area contributed by atoms with Gasteiger partial charge in [-0.2, -0.15) is 0 Å². The zero-order valence-corrected chi connectivity index (χ0v) is 77.1. The summed E-state index contributed by atoms with van der Waals surface area (Å²) < 4.78 is 41.4. The molecule has 12 aromatic carbocycles. The number of carbonyl (C=O) groups excluding carboxylic acids is 8. The third kappa shape index (κ3) is 29.1. The molecule has 0 aliphatic carbocycles. The number of carboxylic acids is 6. The van der Waals surface area contributed by atoms with Gasteiger partial charge >= 0.3 is 83.6 Å². The molecule has 0 aliphatic rings. The molecule has 0 heterocycles. The van der Waals surface area contributed by atoms with Crippen molar-refractivity contribution < 1.29 is 146 Å². The Morgan fingerprint density at radius 1 is 0.219 bits per heavy atom. The summed E-state index contributed by atoms with van der Waals surface area (Å²) in [4.78, 5) is 175. The van der Waals surface area contributed by atoms with E-state index in [1.807, 2.05) is 48.5 Å². The topological polar surface area (TPSA) is 475 Å². The lowest BCUT2D eigenvalue weighted by Gasteiger charge is -2.19. The van der Waals surface area contributed by atoms with Crippen LogP contribution < -0.4 is 0 Å². The molecule has 8 N–H and O–H groups in total. The molecule has 704 valence electrons. The second-order valence-electron chi connectivity index (χ2n) is 32.1. The lowest BCUT2D eigenvalue weighted by Crippen LogP contribution is -2.13.